The van der Waals surface area contributed by atoms with Crippen molar-refractivity contribution in [1.29, 1.82) is 0 Å². The summed E-state index contributed by atoms with van der Waals surface area (Å²) in [5, 5.41) is 1.25. The molecule has 1 atom stereocenters. The summed E-state index contributed by atoms with van der Waals surface area (Å²) in [6.45, 7) is 0. The van der Waals surface area contributed by atoms with Gasteiger partial charge in [-0.1, -0.05) is 34.8 Å². The van der Waals surface area contributed by atoms with Gasteiger partial charge >= 0.3 is 5.97 Å². The SMILES string of the molecule is COC(=O)CCC(N)c1c(Cl)cc(Cl)cc1Cl. The van der Waals surface area contributed by atoms with E-state index in [1.807, 2.05) is 0 Å². The van der Waals surface area contributed by atoms with Crippen molar-refractivity contribution in [3.05, 3.63) is 32.8 Å². The highest BCUT2D eigenvalue weighted by atomic mass is 35.5. The Labute approximate surface area is 115 Å². The van der Waals surface area contributed by atoms with Crippen molar-refractivity contribution in [3.63, 3.8) is 0 Å². The second kappa shape index (κ2) is 6.45. The number of hydrogen-bond donors (Lipinski definition) is 1. The van der Waals surface area contributed by atoms with E-state index in [1.165, 1.54) is 7.11 Å². The number of carbonyl (C=O) groups excluding carboxylic acids is 1. The van der Waals surface area contributed by atoms with E-state index in [4.69, 9.17) is 40.5 Å². The number of methoxy groups -OCH3 is 1. The van der Waals surface area contributed by atoms with Gasteiger partial charge in [-0.15, -0.1) is 0 Å². The Bertz CT molecular complexity index is 400. The first-order valence-electron chi connectivity index (χ1n) is 4.92. The molecule has 94 valence electrons. The van der Waals surface area contributed by atoms with Gasteiger partial charge in [-0.2, -0.15) is 0 Å². The first-order chi connectivity index (χ1) is 7.95. The number of rotatable bonds is 4. The number of hydrogen-bond acceptors (Lipinski definition) is 3. The molecule has 0 radical (unpaired) electrons. The molecule has 0 saturated carbocycles. The topological polar surface area (TPSA) is 52.3 Å². The lowest BCUT2D eigenvalue weighted by molar-refractivity contribution is -0.140. The Hall–Kier alpha value is -0.480. The summed E-state index contributed by atoms with van der Waals surface area (Å²) in [6.07, 6.45) is 0.626. The van der Waals surface area contributed by atoms with Crippen LogP contribution in [0.1, 0.15) is 24.4 Å². The lowest BCUT2D eigenvalue weighted by Crippen LogP contribution is -2.14. The van der Waals surface area contributed by atoms with Crippen LogP contribution in [0.4, 0.5) is 0 Å². The fraction of sp³-hybridized carbons (Fsp3) is 0.364. The third-order valence-electron chi connectivity index (χ3n) is 2.30. The summed E-state index contributed by atoms with van der Waals surface area (Å²) in [5.74, 6) is -0.318. The van der Waals surface area contributed by atoms with Gasteiger partial charge in [0.2, 0.25) is 0 Å². The fourth-order valence-electron chi connectivity index (χ4n) is 1.43. The van der Waals surface area contributed by atoms with Crippen molar-refractivity contribution in [1.82, 2.24) is 0 Å². The minimum atomic E-state index is -0.425. The van der Waals surface area contributed by atoms with Crippen LogP contribution in [-0.4, -0.2) is 13.1 Å². The highest BCUT2D eigenvalue weighted by molar-refractivity contribution is 6.39. The van der Waals surface area contributed by atoms with Gasteiger partial charge in [0, 0.05) is 33.1 Å². The summed E-state index contributed by atoms with van der Waals surface area (Å²) in [5.41, 5.74) is 6.53. The van der Waals surface area contributed by atoms with Crippen molar-refractivity contribution >= 4 is 40.8 Å². The molecule has 0 aromatic heterocycles. The van der Waals surface area contributed by atoms with Crippen molar-refractivity contribution in [2.45, 2.75) is 18.9 Å². The van der Waals surface area contributed by atoms with Gasteiger partial charge in [-0.25, -0.2) is 0 Å². The zero-order valence-corrected chi connectivity index (χ0v) is 11.4. The summed E-state index contributed by atoms with van der Waals surface area (Å²) >= 11 is 17.8. The Morgan fingerprint density at radius 1 is 1.35 bits per heavy atom. The van der Waals surface area contributed by atoms with Crippen LogP contribution in [0.5, 0.6) is 0 Å². The van der Waals surface area contributed by atoms with Crippen molar-refractivity contribution in [2.24, 2.45) is 5.73 Å². The first kappa shape index (κ1) is 14.6. The molecule has 0 heterocycles. The maximum atomic E-state index is 11.0. The standard InChI is InChI=1S/C11H12Cl3NO2/c1-17-10(16)3-2-9(15)11-7(13)4-6(12)5-8(11)14/h4-5,9H,2-3,15H2,1H3. The summed E-state index contributed by atoms with van der Waals surface area (Å²) in [4.78, 5) is 11.0. The molecule has 0 aliphatic carbocycles. The number of benzene rings is 1. The van der Waals surface area contributed by atoms with E-state index in [9.17, 15) is 4.79 Å². The van der Waals surface area contributed by atoms with Crippen LogP contribution in [0.3, 0.4) is 0 Å². The average molecular weight is 297 g/mol. The van der Waals surface area contributed by atoms with Crippen molar-refractivity contribution in [2.75, 3.05) is 7.11 Å². The molecular formula is C11H12Cl3NO2. The van der Waals surface area contributed by atoms with Crippen LogP contribution in [0.15, 0.2) is 12.1 Å². The summed E-state index contributed by atoms with van der Waals surface area (Å²) < 4.78 is 4.53. The molecule has 0 saturated heterocycles. The van der Waals surface area contributed by atoms with E-state index in [-0.39, 0.29) is 12.4 Å². The minimum Gasteiger partial charge on any atom is -0.469 e. The molecule has 0 aliphatic heterocycles. The number of ether oxygens (including phenoxy) is 1. The molecule has 17 heavy (non-hydrogen) atoms. The quantitative estimate of drug-likeness (QED) is 0.864. The highest BCUT2D eigenvalue weighted by Gasteiger charge is 2.16. The minimum absolute atomic E-state index is 0.215. The first-order valence-corrected chi connectivity index (χ1v) is 6.06. The van der Waals surface area contributed by atoms with E-state index in [1.54, 1.807) is 12.1 Å². The van der Waals surface area contributed by atoms with Crippen LogP contribution >= 0.6 is 34.8 Å². The Balaban J connectivity index is 2.82. The van der Waals surface area contributed by atoms with Crippen molar-refractivity contribution < 1.29 is 9.53 Å². The third kappa shape index (κ3) is 4.03. The number of halogens is 3. The predicted octanol–water partition coefficient (Wildman–Crippen LogP) is 3.60. The molecule has 3 nitrogen and oxygen atoms in total. The number of nitrogens with two attached hydrogens (primary N) is 1. The molecule has 1 aromatic carbocycles. The number of carbonyl (C=O) groups is 1. The van der Waals surface area contributed by atoms with Gasteiger partial charge in [-0.3, -0.25) is 4.79 Å². The predicted molar refractivity (Wildman–Crippen MR) is 69.7 cm³/mol. The highest BCUT2D eigenvalue weighted by Crippen LogP contribution is 2.34. The lowest BCUT2D eigenvalue weighted by Gasteiger charge is -2.15. The van der Waals surface area contributed by atoms with E-state index >= 15 is 0 Å². The van der Waals surface area contributed by atoms with E-state index in [0.29, 0.717) is 27.1 Å². The maximum Gasteiger partial charge on any atom is 0.305 e. The molecule has 0 bridgehead atoms. The molecule has 0 spiro atoms. The van der Waals surface area contributed by atoms with Gasteiger partial charge in [0.05, 0.1) is 7.11 Å². The van der Waals surface area contributed by atoms with Crippen LogP contribution in [0.2, 0.25) is 15.1 Å². The molecule has 2 N–H and O–H groups in total. The maximum absolute atomic E-state index is 11.0. The van der Waals surface area contributed by atoms with Crippen LogP contribution in [0.25, 0.3) is 0 Å². The molecule has 0 aliphatic rings. The Kier molecular flexibility index (Phi) is 5.53. The van der Waals surface area contributed by atoms with Crippen LogP contribution in [0, 0.1) is 0 Å². The fourth-order valence-corrected chi connectivity index (χ4v) is 2.52. The van der Waals surface area contributed by atoms with Crippen LogP contribution in [-0.2, 0) is 9.53 Å². The average Bonchev–Trinajstić information content (AvgIpc) is 2.24. The summed E-state index contributed by atoms with van der Waals surface area (Å²) in [7, 11) is 1.33. The molecule has 6 heteroatoms. The van der Waals surface area contributed by atoms with Crippen molar-refractivity contribution in [3.8, 4) is 0 Å². The normalized spacial score (nSPS) is 12.3. The second-order valence-electron chi connectivity index (χ2n) is 3.50. The lowest BCUT2D eigenvalue weighted by atomic mass is 10.0. The Morgan fingerprint density at radius 2 is 1.88 bits per heavy atom. The van der Waals surface area contributed by atoms with Gasteiger partial charge < -0.3 is 10.5 Å². The van der Waals surface area contributed by atoms with Gasteiger partial charge in [0.1, 0.15) is 0 Å². The zero-order valence-electron chi connectivity index (χ0n) is 9.17. The Morgan fingerprint density at radius 3 is 2.35 bits per heavy atom. The molecule has 0 fully saturated rings. The van der Waals surface area contributed by atoms with E-state index < -0.39 is 6.04 Å². The molecule has 1 unspecified atom stereocenters. The van der Waals surface area contributed by atoms with E-state index in [2.05, 4.69) is 4.74 Å². The third-order valence-corrected chi connectivity index (χ3v) is 3.15. The largest absolute Gasteiger partial charge is 0.469 e. The number of esters is 1. The smallest absolute Gasteiger partial charge is 0.305 e. The summed E-state index contributed by atoms with van der Waals surface area (Å²) in [6, 6.07) is 2.72. The van der Waals surface area contributed by atoms with Gasteiger partial charge in [0.15, 0.2) is 0 Å². The molecule has 1 aromatic rings. The van der Waals surface area contributed by atoms with Gasteiger partial charge in [0.25, 0.3) is 0 Å². The molecule has 1 rings (SSSR count). The van der Waals surface area contributed by atoms with E-state index in [0.717, 1.165) is 0 Å². The second-order valence-corrected chi connectivity index (χ2v) is 4.76. The van der Waals surface area contributed by atoms with Gasteiger partial charge in [-0.05, 0) is 18.6 Å². The molecule has 0 amide bonds. The van der Waals surface area contributed by atoms with Crippen LogP contribution < -0.4 is 5.73 Å². The zero-order chi connectivity index (χ0) is 13.0. The molecular weight excluding hydrogens is 284 g/mol. The monoisotopic (exact) mass is 295 g/mol.